The number of anilines is 1. The molecular formula is C13H9BrCl3NO2S. The Labute approximate surface area is 146 Å². The maximum Gasteiger partial charge on any atom is 0.264 e. The minimum Gasteiger partial charge on any atom is -0.279 e. The zero-order valence-electron chi connectivity index (χ0n) is 10.6. The van der Waals surface area contributed by atoms with Gasteiger partial charge >= 0.3 is 0 Å². The van der Waals surface area contributed by atoms with Gasteiger partial charge in [0.2, 0.25) is 0 Å². The lowest BCUT2D eigenvalue weighted by Crippen LogP contribution is -2.15. The molecule has 0 fully saturated rings. The third-order valence-corrected chi connectivity index (χ3v) is 5.64. The summed E-state index contributed by atoms with van der Waals surface area (Å²) >= 11 is 21.0. The molecule has 1 N–H and O–H groups in total. The lowest BCUT2D eigenvalue weighted by atomic mass is 10.2. The molecule has 0 aliphatic heterocycles. The van der Waals surface area contributed by atoms with Gasteiger partial charge in [0.05, 0.1) is 15.7 Å². The first-order valence-corrected chi connectivity index (χ1v) is 9.05. The molecule has 0 atom stereocenters. The lowest BCUT2D eigenvalue weighted by Gasteiger charge is -2.13. The molecule has 2 rings (SSSR count). The third kappa shape index (κ3) is 3.85. The van der Waals surface area contributed by atoms with Crippen LogP contribution in [-0.4, -0.2) is 8.42 Å². The minimum absolute atomic E-state index is 0.0356. The van der Waals surface area contributed by atoms with Crippen molar-refractivity contribution in [1.82, 2.24) is 0 Å². The van der Waals surface area contributed by atoms with Crippen LogP contribution in [0.5, 0.6) is 0 Å². The highest BCUT2D eigenvalue weighted by Gasteiger charge is 2.23. The van der Waals surface area contributed by atoms with Gasteiger partial charge in [0.25, 0.3) is 10.0 Å². The van der Waals surface area contributed by atoms with Gasteiger partial charge in [-0.25, -0.2) is 8.42 Å². The molecule has 8 heteroatoms. The summed E-state index contributed by atoms with van der Waals surface area (Å²) in [6.07, 6.45) is 0. The molecule has 0 unspecified atom stereocenters. The molecule has 0 heterocycles. The number of nitrogens with one attached hydrogen (secondary N) is 1. The van der Waals surface area contributed by atoms with Crippen LogP contribution in [0.25, 0.3) is 0 Å². The summed E-state index contributed by atoms with van der Waals surface area (Å²) in [6.45, 7) is 1.74. The van der Waals surface area contributed by atoms with Gasteiger partial charge in [-0.15, -0.1) is 0 Å². The van der Waals surface area contributed by atoms with Crippen LogP contribution in [0, 0.1) is 6.92 Å². The van der Waals surface area contributed by atoms with Crippen molar-refractivity contribution in [1.29, 1.82) is 0 Å². The molecule has 0 saturated carbocycles. The summed E-state index contributed by atoms with van der Waals surface area (Å²) in [5, 5.41) is 0.595. The fourth-order valence-corrected chi connectivity index (χ4v) is 5.02. The Balaban J connectivity index is 2.48. The van der Waals surface area contributed by atoms with Gasteiger partial charge in [0, 0.05) is 9.50 Å². The molecule has 0 spiro atoms. The Morgan fingerprint density at radius 1 is 1.05 bits per heavy atom. The maximum atomic E-state index is 12.5. The molecule has 21 heavy (non-hydrogen) atoms. The number of sulfonamides is 1. The van der Waals surface area contributed by atoms with Crippen LogP contribution < -0.4 is 4.72 Å². The van der Waals surface area contributed by atoms with E-state index < -0.39 is 10.0 Å². The monoisotopic (exact) mass is 427 g/mol. The van der Waals surface area contributed by atoms with Crippen molar-refractivity contribution in [2.75, 3.05) is 4.72 Å². The first-order valence-electron chi connectivity index (χ1n) is 5.64. The second-order valence-electron chi connectivity index (χ2n) is 4.26. The molecule has 2 aromatic rings. The number of halogens is 4. The number of benzene rings is 2. The Morgan fingerprint density at radius 2 is 1.62 bits per heavy atom. The van der Waals surface area contributed by atoms with E-state index in [0.29, 0.717) is 20.7 Å². The van der Waals surface area contributed by atoms with E-state index in [9.17, 15) is 8.42 Å². The third-order valence-electron chi connectivity index (χ3n) is 2.66. The van der Waals surface area contributed by atoms with Gasteiger partial charge in [-0.2, -0.15) is 0 Å². The lowest BCUT2D eigenvalue weighted by molar-refractivity contribution is 0.601. The van der Waals surface area contributed by atoms with Crippen LogP contribution in [0.15, 0.2) is 39.7 Å². The summed E-state index contributed by atoms with van der Waals surface area (Å²) in [5.74, 6) is 0. The van der Waals surface area contributed by atoms with Crippen molar-refractivity contribution in [2.24, 2.45) is 0 Å². The standard InChI is InChI=1S/C13H9BrCl3NO2S/c1-7-4-9(15)2-3-12(7)18-21(19,20)13-10(16)5-8(14)6-11(13)17/h2-6,18H,1H3. The molecule has 0 aliphatic rings. The van der Waals surface area contributed by atoms with Crippen LogP contribution in [-0.2, 0) is 10.0 Å². The van der Waals surface area contributed by atoms with E-state index in [-0.39, 0.29) is 14.9 Å². The summed E-state index contributed by atoms with van der Waals surface area (Å²) in [7, 11) is -3.90. The molecular weight excluding hydrogens is 420 g/mol. The van der Waals surface area contributed by atoms with Gasteiger partial charge in [-0.1, -0.05) is 50.7 Å². The second kappa shape index (κ2) is 6.34. The summed E-state index contributed by atoms with van der Waals surface area (Å²) < 4.78 is 28.0. The normalized spacial score (nSPS) is 11.5. The molecule has 0 aliphatic carbocycles. The highest BCUT2D eigenvalue weighted by Crippen LogP contribution is 2.34. The molecule has 3 nitrogen and oxygen atoms in total. The van der Waals surface area contributed by atoms with Crippen molar-refractivity contribution >= 4 is 66.4 Å². The fourth-order valence-electron chi connectivity index (χ4n) is 1.72. The summed E-state index contributed by atoms with van der Waals surface area (Å²) in [4.78, 5) is -0.164. The van der Waals surface area contributed by atoms with Gasteiger partial charge in [-0.3, -0.25) is 4.72 Å². The second-order valence-corrected chi connectivity index (χ2v) is 8.05. The van der Waals surface area contributed by atoms with Crippen LogP contribution in [0.4, 0.5) is 5.69 Å². The molecule has 2 aromatic carbocycles. The van der Waals surface area contributed by atoms with E-state index in [1.54, 1.807) is 25.1 Å². The minimum atomic E-state index is -3.90. The Morgan fingerprint density at radius 3 is 2.14 bits per heavy atom. The van der Waals surface area contributed by atoms with E-state index in [1.807, 2.05) is 0 Å². The van der Waals surface area contributed by atoms with Crippen molar-refractivity contribution in [3.63, 3.8) is 0 Å². The smallest absolute Gasteiger partial charge is 0.264 e. The Kier molecular flexibility index (Phi) is 5.11. The quantitative estimate of drug-likeness (QED) is 0.698. The van der Waals surface area contributed by atoms with E-state index in [4.69, 9.17) is 34.8 Å². The van der Waals surface area contributed by atoms with Crippen molar-refractivity contribution in [3.8, 4) is 0 Å². The summed E-state index contributed by atoms with van der Waals surface area (Å²) in [6, 6.07) is 7.77. The molecule has 0 bridgehead atoms. The van der Waals surface area contributed by atoms with Crippen molar-refractivity contribution < 1.29 is 8.42 Å². The van der Waals surface area contributed by atoms with E-state index in [0.717, 1.165) is 0 Å². The zero-order valence-corrected chi connectivity index (χ0v) is 15.3. The first kappa shape index (κ1) is 16.9. The maximum absolute atomic E-state index is 12.5. The fraction of sp³-hybridized carbons (Fsp3) is 0.0769. The molecule has 0 aromatic heterocycles. The predicted molar refractivity (Wildman–Crippen MR) is 91.2 cm³/mol. The highest BCUT2D eigenvalue weighted by atomic mass is 79.9. The number of hydrogen-bond donors (Lipinski definition) is 1. The average Bonchev–Trinajstić information content (AvgIpc) is 2.30. The van der Waals surface area contributed by atoms with E-state index in [2.05, 4.69) is 20.7 Å². The topological polar surface area (TPSA) is 46.2 Å². The zero-order chi connectivity index (χ0) is 15.8. The van der Waals surface area contributed by atoms with Crippen molar-refractivity contribution in [2.45, 2.75) is 11.8 Å². The molecule has 0 radical (unpaired) electrons. The number of aryl methyl sites for hydroxylation is 1. The van der Waals surface area contributed by atoms with Crippen molar-refractivity contribution in [3.05, 3.63) is 55.4 Å². The van der Waals surface area contributed by atoms with Crippen LogP contribution in [0.3, 0.4) is 0 Å². The number of hydrogen-bond acceptors (Lipinski definition) is 2. The Bertz CT molecular complexity index is 786. The highest BCUT2D eigenvalue weighted by molar-refractivity contribution is 9.10. The van der Waals surface area contributed by atoms with E-state index in [1.165, 1.54) is 12.1 Å². The largest absolute Gasteiger partial charge is 0.279 e. The molecule has 112 valence electrons. The van der Waals surface area contributed by atoms with E-state index >= 15 is 0 Å². The van der Waals surface area contributed by atoms with Gasteiger partial charge < -0.3 is 0 Å². The molecule has 0 amide bonds. The van der Waals surface area contributed by atoms with Crippen LogP contribution in [0.1, 0.15) is 5.56 Å². The SMILES string of the molecule is Cc1cc(Cl)ccc1NS(=O)(=O)c1c(Cl)cc(Br)cc1Cl. The van der Waals surface area contributed by atoms with Gasteiger partial charge in [0.15, 0.2) is 0 Å². The summed E-state index contributed by atoms with van der Waals surface area (Å²) in [5.41, 5.74) is 1.10. The average molecular weight is 430 g/mol. The van der Waals surface area contributed by atoms with Gasteiger partial charge in [0.1, 0.15) is 4.90 Å². The predicted octanol–water partition coefficient (Wildman–Crippen LogP) is 5.52. The van der Waals surface area contributed by atoms with Crippen LogP contribution >= 0.6 is 50.7 Å². The molecule has 0 saturated heterocycles. The van der Waals surface area contributed by atoms with Gasteiger partial charge in [-0.05, 0) is 42.8 Å². The Hall–Kier alpha value is -0.460. The number of rotatable bonds is 3. The van der Waals surface area contributed by atoms with Crippen LogP contribution in [0.2, 0.25) is 15.1 Å². The first-order chi connectivity index (χ1) is 9.70.